The van der Waals surface area contributed by atoms with Crippen LogP contribution in [0.1, 0.15) is 20.3 Å². The third-order valence-corrected chi connectivity index (χ3v) is 1.95. The largest absolute Gasteiger partial charge is 0.312 e. The van der Waals surface area contributed by atoms with E-state index in [-0.39, 0.29) is 0 Å². The van der Waals surface area contributed by atoms with Crippen LogP contribution in [0.4, 0.5) is 0 Å². The first-order valence-corrected chi connectivity index (χ1v) is 4.20. The molecule has 0 spiro atoms. The summed E-state index contributed by atoms with van der Waals surface area (Å²) in [5.41, 5.74) is 1.98. The Morgan fingerprint density at radius 3 is 2.82 bits per heavy atom. The molecule has 2 nitrogen and oxygen atoms in total. The van der Waals surface area contributed by atoms with Gasteiger partial charge in [-0.2, -0.15) is 0 Å². The Morgan fingerprint density at radius 1 is 1.64 bits per heavy atom. The summed E-state index contributed by atoms with van der Waals surface area (Å²) >= 11 is 0. The standard InChI is InChI=1S/C9H16N2/c1-7(2)9(10)8-4-3-5-11-6-8/h4,7,10-11H,3,5-6H2,1-2H3. The van der Waals surface area contributed by atoms with Gasteiger partial charge in [0.1, 0.15) is 0 Å². The second-order valence-electron chi connectivity index (χ2n) is 3.26. The van der Waals surface area contributed by atoms with Crippen LogP contribution >= 0.6 is 0 Å². The van der Waals surface area contributed by atoms with E-state index in [1.807, 2.05) is 0 Å². The lowest BCUT2D eigenvalue weighted by Crippen LogP contribution is -2.27. The maximum absolute atomic E-state index is 7.73. The lowest BCUT2D eigenvalue weighted by molar-refractivity contribution is 0.708. The Hall–Kier alpha value is -0.630. The van der Waals surface area contributed by atoms with Crippen molar-refractivity contribution in [2.24, 2.45) is 5.92 Å². The van der Waals surface area contributed by atoms with Gasteiger partial charge < -0.3 is 10.7 Å². The van der Waals surface area contributed by atoms with Gasteiger partial charge in [-0.05, 0) is 24.5 Å². The molecule has 2 N–H and O–H groups in total. The van der Waals surface area contributed by atoms with Gasteiger partial charge in [-0.15, -0.1) is 0 Å². The van der Waals surface area contributed by atoms with Crippen LogP contribution in [0, 0.1) is 11.3 Å². The van der Waals surface area contributed by atoms with E-state index in [4.69, 9.17) is 5.41 Å². The molecule has 0 atom stereocenters. The summed E-state index contributed by atoms with van der Waals surface area (Å²) in [6.45, 7) is 6.08. The fourth-order valence-corrected chi connectivity index (χ4v) is 1.22. The molecule has 2 heteroatoms. The van der Waals surface area contributed by atoms with Crippen LogP contribution in [0.25, 0.3) is 0 Å². The van der Waals surface area contributed by atoms with Gasteiger partial charge in [-0.1, -0.05) is 19.9 Å². The summed E-state index contributed by atoms with van der Waals surface area (Å²) in [5, 5.41) is 11.0. The molecule has 62 valence electrons. The lowest BCUT2D eigenvalue weighted by Gasteiger charge is -2.16. The summed E-state index contributed by atoms with van der Waals surface area (Å²) in [7, 11) is 0. The average molecular weight is 152 g/mol. The van der Waals surface area contributed by atoms with E-state index in [2.05, 4.69) is 25.2 Å². The molecule has 0 saturated carbocycles. The molecular formula is C9H16N2. The maximum atomic E-state index is 7.73. The molecule has 0 aliphatic carbocycles. The molecular weight excluding hydrogens is 136 g/mol. The highest BCUT2D eigenvalue weighted by Crippen LogP contribution is 2.08. The first kappa shape index (κ1) is 8.47. The van der Waals surface area contributed by atoms with Crippen LogP contribution in [-0.2, 0) is 0 Å². The quantitative estimate of drug-likeness (QED) is 0.579. The average Bonchev–Trinajstić information content (AvgIpc) is 2.05. The Labute approximate surface area is 68.2 Å². The van der Waals surface area contributed by atoms with Crippen molar-refractivity contribution < 1.29 is 0 Å². The smallest absolute Gasteiger partial charge is 0.0381 e. The van der Waals surface area contributed by atoms with Gasteiger partial charge in [0.05, 0.1) is 0 Å². The molecule has 1 aliphatic rings. The Bertz CT molecular complexity index is 180. The molecule has 0 unspecified atom stereocenters. The zero-order chi connectivity index (χ0) is 8.27. The van der Waals surface area contributed by atoms with Crippen LogP contribution in [0.3, 0.4) is 0 Å². The molecule has 0 radical (unpaired) electrons. The second-order valence-corrected chi connectivity index (χ2v) is 3.26. The first-order chi connectivity index (χ1) is 5.22. The first-order valence-electron chi connectivity index (χ1n) is 4.20. The molecule has 1 rings (SSSR count). The zero-order valence-corrected chi connectivity index (χ0v) is 7.28. The summed E-state index contributed by atoms with van der Waals surface area (Å²) in [6.07, 6.45) is 3.25. The van der Waals surface area contributed by atoms with Gasteiger partial charge in [-0.3, -0.25) is 0 Å². The van der Waals surface area contributed by atoms with Crippen LogP contribution < -0.4 is 5.32 Å². The van der Waals surface area contributed by atoms with Crippen molar-refractivity contribution in [3.63, 3.8) is 0 Å². The van der Waals surface area contributed by atoms with E-state index in [0.717, 1.165) is 25.2 Å². The van der Waals surface area contributed by atoms with Crippen LogP contribution in [0.2, 0.25) is 0 Å². The molecule has 0 saturated heterocycles. The van der Waals surface area contributed by atoms with Gasteiger partial charge in [0, 0.05) is 12.3 Å². The number of nitrogens with one attached hydrogen (secondary N) is 2. The normalized spacial score (nSPS) is 18.3. The molecule has 0 aromatic rings. The fraction of sp³-hybridized carbons (Fsp3) is 0.667. The fourth-order valence-electron chi connectivity index (χ4n) is 1.22. The van der Waals surface area contributed by atoms with Gasteiger partial charge in [-0.25, -0.2) is 0 Å². The summed E-state index contributed by atoms with van der Waals surface area (Å²) in [6, 6.07) is 0. The zero-order valence-electron chi connectivity index (χ0n) is 7.28. The van der Waals surface area contributed by atoms with Crippen LogP contribution in [-0.4, -0.2) is 18.8 Å². The van der Waals surface area contributed by atoms with Crippen molar-refractivity contribution in [1.29, 1.82) is 5.41 Å². The second kappa shape index (κ2) is 3.67. The van der Waals surface area contributed by atoms with Crippen molar-refractivity contribution in [1.82, 2.24) is 5.32 Å². The van der Waals surface area contributed by atoms with E-state index in [1.165, 1.54) is 5.57 Å². The summed E-state index contributed by atoms with van der Waals surface area (Å²) < 4.78 is 0. The minimum atomic E-state index is 0.362. The van der Waals surface area contributed by atoms with E-state index < -0.39 is 0 Å². The molecule has 11 heavy (non-hydrogen) atoms. The molecule has 0 fully saturated rings. The van der Waals surface area contributed by atoms with Crippen LogP contribution in [0.15, 0.2) is 11.6 Å². The number of rotatable bonds is 2. The predicted molar refractivity (Wildman–Crippen MR) is 48.1 cm³/mol. The third-order valence-electron chi connectivity index (χ3n) is 1.95. The number of hydrogen-bond donors (Lipinski definition) is 2. The van der Waals surface area contributed by atoms with E-state index >= 15 is 0 Å². The molecule has 0 bridgehead atoms. The third kappa shape index (κ3) is 2.15. The Balaban J connectivity index is 2.58. The van der Waals surface area contributed by atoms with Gasteiger partial charge in [0.2, 0.25) is 0 Å². The highest BCUT2D eigenvalue weighted by atomic mass is 14.9. The molecule has 1 heterocycles. The van der Waals surface area contributed by atoms with E-state index in [1.54, 1.807) is 0 Å². The predicted octanol–water partition coefficient (Wildman–Crippen LogP) is 1.58. The lowest BCUT2D eigenvalue weighted by atomic mass is 9.98. The number of hydrogen-bond acceptors (Lipinski definition) is 2. The molecule has 1 aliphatic heterocycles. The maximum Gasteiger partial charge on any atom is 0.0381 e. The molecule has 0 aromatic heterocycles. The Kier molecular flexibility index (Phi) is 2.83. The van der Waals surface area contributed by atoms with Gasteiger partial charge >= 0.3 is 0 Å². The Morgan fingerprint density at radius 2 is 2.36 bits per heavy atom. The highest BCUT2D eigenvalue weighted by molar-refractivity contribution is 5.99. The summed E-state index contributed by atoms with van der Waals surface area (Å²) in [5.74, 6) is 0.362. The minimum absolute atomic E-state index is 0.362. The van der Waals surface area contributed by atoms with Crippen molar-refractivity contribution in [3.8, 4) is 0 Å². The van der Waals surface area contributed by atoms with E-state index in [0.29, 0.717) is 5.92 Å². The van der Waals surface area contributed by atoms with Crippen molar-refractivity contribution in [3.05, 3.63) is 11.6 Å². The molecule has 0 amide bonds. The summed E-state index contributed by atoms with van der Waals surface area (Å²) in [4.78, 5) is 0. The minimum Gasteiger partial charge on any atom is -0.312 e. The van der Waals surface area contributed by atoms with E-state index in [9.17, 15) is 0 Å². The topological polar surface area (TPSA) is 35.9 Å². The highest BCUT2D eigenvalue weighted by Gasteiger charge is 2.10. The monoisotopic (exact) mass is 152 g/mol. The molecule has 0 aromatic carbocycles. The van der Waals surface area contributed by atoms with Crippen LogP contribution in [0.5, 0.6) is 0 Å². The van der Waals surface area contributed by atoms with Gasteiger partial charge in [0.25, 0.3) is 0 Å². The SMILES string of the molecule is CC(C)C(=N)C1=CCCNC1. The van der Waals surface area contributed by atoms with Gasteiger partial charge in [0.15, 0.2) is 0 Å². The van der Waals surface area contributed by atoms with Crippen molar-refractivity contribution in [2.45, 2.75) is 20.3 Å². The van der Waals surface area contributed by atoms with Crippen molar-refractivity contribution in [2.75, 3.05) is 13.1 Å². The van der Waals surface area contributed by atoms with Crippen molar-refractivity contribution >= 4 is 5.71 Å².